The number of rotatable bonds is 7. The van der Waals surface area contributed by atoms with E-state index in [-0.39, 0.29) is 18.2 Å². The van der Waals surface area contributed by atoms with E-state index in [4.69, 9.17) is 0 Å². The van der Waals surface area contributed by atoms with Gasteiger partial charge in [-0.25, -0.2) is 9.18 Å². The molecule has 2 aromatic carbocycles. The molecule has 1 N–H and O–H groups in total. The normalized spacial score (nSPS) is 12.1. The lowest BCUT2D eigenvalue weighted by Gasteiger charge is -2.15. The van der Waals surface area contributed by atoms with Crippen molar-refractivity contribution in [2.75, 3.05) is 0 Å². The summed E-state index contributed by atoms with van der Waals surface area (Å²) in [6.45, 7) is 7.47. The summed E-state index contributed by atoms with van der Waals surface area (Å²) in [5, 5.41) is 6.80. The Morgan fingerprint density at radius 1 is 1.06 bits per heavy atom. The van der Waals surface area contributed by atoms with Gasteiger partial charge in [0.05, 0.1) is 12.2 Å². The molecule has 0 radical (unpaired) electrons. The van der Waals surface area contributed by atoms with Gasteiger partial charge in [-0.2, -0.15) is 9.78 Å². The molecule has 1 aromatic heterocycles. The molecule has 0 unspecified atom stereocenters. The number of carbonyl (C=O) groups excluding carboxylic acids is 1. The van der Waals surface area contributed by atoms with E-state index < -0.39 is 28.7 Å². The third-order valence-corrected chi connectivity index (χ3v) is 5.36. The Kier molecular flexibility index (Phi) is 7.02. The Balaban J connectivity index is 2.19. The fourth-order valence-electron chi connectivity index (χ4n) is 3.16. The molecule has 0 saturated carbocycles. The summed E-state index contributed by atoms with van der Waals surface area (Å²) in [5.74, 6) is -0.936. The van der Waals surface area contributed by atoms with Crippen LogP contribution >= 0.6 is 0 Å². The highest BCUT2D eigenvalue weighted by atomic mass is 19.1. The third kappa shape index (κ3) is 4.85. The molecule has 3 aromatic rings. The van der Waals surface area contributed by atoms with Crippen LogP contribution in [0.15, 0.2) is 58.1 Å². The van der Waals surface area contributed by atoms with E-state index in [2.05, 4.69) is 10.4 Å². The molecule has 7 nitrogen and oxygen atoms in total. The van der Waals surface area contributed by atoms with Gasteiger partial charge in [-0.1, -0.05) is 51.1 Å². The second-order valence-electron chi connectivity index (χ2n) is 8.05. The molecule has 8 heteroatoms. The van der Waals surface area contributed by atoms with Crippen molar-refractivity contribution >= 4 is 5.91 Å². The lowest BCUT2D eigenvalue weighted by atomic mass is 10.0. The SMILES string of the molecule is CC[C@H](C)NC(=O)c1nn(-c2ccc(C(C)C)cc2)c(=O)n(Cc2ccccc2F)c1=O. The van der Waals surface area contributed by atoms with Crippen molar-refractivity contribution < 1.29 is 9.18 Å². The molecule has 1 amide bonds. The molecular weight excluding hydrogens is 411 g/mol. The lowest BCUT2D eigenvalue weighted by molar-refractivity contribution is 0.0929. The number of nitrogens with one attached hydrogen (secondary N) is 1. The molecule has 0 aliphatic heterocycles. The van der Waals surface area contributed by atoms with Crippen LogP contribution in [-0.2, 0) is 6.54 Å². The van der Waals surface area contributed by atoms with Crippen LogP contribution in [0.5, 0.6) is 0 Å². The van der Waals surface area contributed by atoms with Crippen LogP contribution in [0.25, 0.3) is 5.69 Å². The molecular formula is C24H27FN4O3. The maximum atomic E-state index is 14.2. The second-order valence-corrected chi connectivity index (χ2v) is 8.05. The smallest absolute Gasteiger partial charge is 0.348 e. The Labute approximate surface area is 185 Å². The maximum absolute atomic E-state index is 14.2. The van der Waals surface area contributed by atoms with Crippen LogP contribution in [0, 0.1) is 5.82 Å². The van der Waals surface area contributed by atoms with Crippen molar-refractivity contribution in [2.24, 2.45) is 0 Å². The van der Waals surface area contributed by atoms with Crippen LogP contribution in [0.3, 0.4) is 0 Å². The Hall–Kier alpha value is -3.55. The number of halogens is 1. The molecule has 1 atom stereocenters. The van der Waals surface area contributed by atoms with Gasteiger partial charge in [-0.3, -0.25) is 14.2 Å². The number of carbonyl (C=O) groups is 1. The van der Waals surface area contributed by atoms with Crippen LogP contribution in [0.1, 0.15) is 61.6 Å². The van der Waals surface area contributed by atoms with Crippen LogP contribution in [0.2, 0.25) is 0 Å². The highest BCUT2D eigenvalue weighted by molar-refractivity contribution is 5.91. The van der Waals surface area contributed by atoms with Crippen molar-refractivity contribution in [3.8, 4) is 5.69 Å². The molecule has 0 aliphatic rings. The van der Waals surface area contributed by atoms with Gasteiger partial charge in [0.1, 0.15) is 5.82 Å². The predicted molar refractivity (Wildman–Crippen MR) is 121 cm³/mol. The minimum Gasteiger partial charge on any atom is -0.348 e. The summed E-state index contributed by atoms with van der Waals surface area (Å²) < 4.78 is 16.1. The summed E-state index contributed by atoms with van der Waals surface area (Å²) in [6, 6.07) is 12.8. The lowest BCUT2D eigenvalue weighted by Crippen LogP contribution is -2.47. The summed E-state index contributed by atoms with van der Waals surface area (Å²) in [6.07, 6.45) is 0.658. The van der Waals surface area contributed by atoms with Crippen LogP contribution < -0.4 is 16.6 Å². The molecule has 0 spiro atoms. The van der Waals surface area contributed by atoms with Gasteiger partial charge >= 0.3 is 5.69 Å². The van der Waals surface area contributed by atoms with E-state index in [1.165, 1.54) is 18.2 Å². The second kappa shape index (κ2) is 9.72. The van der Waals surface area contributed by atoms with E-state index in [0.717, 1.165) is 14.8 Å². The van der Waals surface area contributed by atoms with E-state index in [9.17, 15) is 18.8 Å². The van der Waals surface area contributed by atoms with E-state index in [1.54, 1.807) is 25.1 Å². The first-order chi connectivity index (χ1) is 15.2. The first kappa shape index (κ1) is 23.1. The summed E-state index contributed by atoms with van der Waals surface area (Å²) in [4.78, 5) is 39.0. The summed E-state index contributed by atoms with van der Waals surface area (Å²) >= 11 is 0. The predicted octanol–water partition coefficient (Wildman–Crippen LogP) is 3.23. The van der Waals surface area contributed by atoms with E-state index in [0.29, 0.717) is 18.0 Å². The van der Waals surface area contributed by atoms with Gasteiger partial charge in [0.15, 0.2) is 0 Å². The van der Waals surface area contributed by atoms with Crippen molar-refractivity contribution in [3.05, 3.63) is 92.0 Å². The molecule has 168 valence electrons. The number of benzene rings is 2. The van der Waals surface area contributed by atoms with Gasteiger partial charge in [-0.15, -0.1) is 0 Å². The van der Waals surface area contributed by atoms with Crippen LogP contribution in [0.4, 0.5) is 4.39 Å². The molecule has 3 rings (SSSR count). The topological polar surface area (TPSA) is 86.0 Å². The fourth-order valence-corrected chi connectivity index (χ4v) is 3.16. The molecule has 0 aliphatic carbocycles. The number of amides is 1. The quantitative estimate of drug-likeness (QED) is 0.614. The van der Waals surface area contributed by atoms with Crippen molar-refractivity contribution in [2.45, 2.75) is 52.6 Å². The largest absolute Gasteiger partial charge is 0.352 e. The number of aromatic nitrogens is 3. The molecule has 0 fully saturated rings. The monoisotopic (exact) mass is 438 g/mol. The summed E-state index contributed by atoms with van der Waals surface area (Å²) in [5.41, 5.74) is -0.415. The summed E-state index contributed by atoms with van der Waals surface area (Å²) in [7, 11) is 0. The molecule has 1 heterocycles. The van der Waals surface area contributed by atoms with Gasteiger partial charge < -0.3 is 5.32 Å². The zero-order valence-electron chi connectivity index (χ0n) is 18.6. The third-order valence-electron chi connectivity index (χ3n) is 5.36. The highest BCUT2D eigenvalue weighted by Crippen LogP contribution is 2.16. The van der Waals surface area contributed by atoms with E-state index >= 15 is 0 Å². The fraction of sp³-hybridized carbons (Fsp3) is 0.333. The minimum absolute atomic E-state index is 0.160. The molecule has 32 heavy (non-hydrogen) atoms. The van der Waals surface area contributed by atoms with Gasteiger partial charge in [0.25, 0.3) is 11.5 Å². The van der Waals surface area contributed by atoms with Gasteiger partial charge in [0, 0.05) is 11.6 Å². The first-order valence-electron chi connectivity index (χ1n) is 10.6. The Morgan fingerprint density at radius 3 is 2.31 bits per heavy atom. The zero-order chi connectivity index (χ0) is 23.4. The maximum Gasteiger partial charge on any atom is 0.352 e. The molecule has 0 saturated heterocycles. The Bertz CT molecular complexity index is 1230. The number of hydrogen-bond acceptors (Lipinski definition) is 4. The Morgan fingerprint density at radius 2 is 1.72 bits per heavy atom. The van der Waals surface area contributed by atoms with E-state index in [1.807, 2.05) is 32.9 Å². The zero-order valence-corrected chi connectivity index (χ0v) is 18.6. The van der Waals surface area contributed by atoms with Crippen LogP contribution in [-0.4, -0.2) is 26.3 Å². The number of nitrogens with zero attached hydrogens (tertiary/aromatic N) is 3. The first-order valence-corrected chi connectivity index (χ1v) is 10.6. The highest BCUT2D eigenvalue weighted by Gasteiger charge is 2.22. The minimum atomic E-state index is -0.867. The number of hydrogen-bond donors (Lipinski definition) is 1. The van der Waals surface area contributed by atoms with Crippen molar-refractivity contribution in [1.29, 1.82) is 0 Å². The standard InChI is InChI=1S/C24H27FN4O3/c1-5-16(4)26-22(30)21-23(31)28(14-18-8-6-7-9-20(18)25)24(32)29(27-21)19-12-10-17(11-13-19)15(2)3/h6-13,15-16H,5,14H2,1-4H3,(H,26,30)/t16-/m0/s1. The molecule has 0 bridgehead atoms. The van der Waals surface area contributed by atoms with Crippen molar-refractivity contribution in [1.82, 2.24) is 19.7 Å². The van der Waals surface area contributed by atoms with Crippen molar-refractivity contribution in [3.63, 3.8) is 0 Å². The average molecular weight is 439 g/mol. The average Bonchev–Trinajstić information content (AvgIpc) is 2.77. The van der Waals surface area contributed by atoms with Gasteiger partial charge in [-0.05, 0) is 43.0 Å². The van der Waals surface area contributed by atoms with Gasteiger partial charge in [0.2, 0.25) is 5.69 Å².